The average Bonchev–Trinajstić information content (AvgIpc) is 2.18. The smallest absolute Gasteiger partial charge is 0.410 e. The summed E-state index contributed by atoms with van der Waals surface area (Å²) in [5.74, 6) is 0. The number of nitrogens with zero attached hydrogens (tertiary/aromatic N) is 1. The van der Waals surface area contributed by atoms with Gasteiger partial charge in [-0.3, -0.25) is 0 Å². The van der Waals surface area contributed by atoms with Gasteiger partial charge in [0, 0.05) is 19.6 Å². The topological polar surface area (TPSA) is 50.8 Å². The molecule has 0 radical (unpaired) electrons. The van der Waals surface area contributed by atoms with Gasteiger partial charge < -0.3 is 19.7 Å². The molecule has 2 atom stereocenters. The maximum atomic E-state index is 11.8. The Bertz CT molecular complexity index is 263. The Morgan fingerprint density at radius 2 is 2.18 bits per heavy atom. The quantitative estimate of drug-likeness (QED) is 0.794. The number of rotatable bonds is 2. The highest BCUT2D eigenvalue weighted by Crippen LogP contribution is 2.11. The lowest BCUT2D eigenvalue weighted by Gasteiger charge is -2.33. The molecular weight excluding hydrogens is 220 g/mol. The summed E-state index contributed by atoms with van der Waals surface area (Å²) in [6.07, 6.45) is -0.278. The molecule has 0 bridgehead atoms. The Morgan fingerprint density at radius 1 is 1.53 bits per heavy atom. The molecule has 0 aromatic heterocycles. The monoisotopic (exact) mass is 244 g/mol. The van der Waals surface area contributed by atoms with Gasteiger partial charge in [0.1, 0.15) is 5.60 Å². The molecule has 1 fully saturated rings. The third kappa shape index (κ3) is 4.91. The van der Waals surface area contributed by atoms with Crippen LogP contribution in [-0.4, -0.2) is 55.5 Å². The first kappa shape index (κ1) is 14.3. The van der Waals surface area contributed by atoms with Gasteiger partial charge in [0.05, 0.1) is 19.3 Å². The summed E-state index contributed by atoms with van der Waals surface area (Å²) >= 11 is 0. The summed E-state index contributed by atoms with van der Waals surface area (Å²) in [5, 5.41) is 3.32. The third-order valence-electron chi connectivity index (χ3n) is 2.62. The summed E-state index contributed by atoms with van der Waals surface area (Å²) in [7, 11) is 1.73. The molecule has 1 aliphatic rings. The second-order valence-corrected chi connectivity index (χ2v) is 5.51. The minimum Gasteiger partial charge on any atom is -0.444 e. The second-order valence-electron chi connectivity index (χ2n) is 5.51. The van der Waals surface area contributed by atoms with Crippen LogP contribution in [0.15, 0.2) is 0 Å². The van der Waals surface area contributed by atoms with E-state index in [1.165, 1.54) is 0 Å². The highest BCUT2D eigenvalue weighted by molar-refractivity contribution is 5.67. The van der Waals surface area contributed by atoms with Crippen LogP contribution >= 0.6 is 0 Å². The Labute approximate surface area is 103 Å². The number of hydrogen-bond acceptors (Lipinski definition) is 4. The van der Waals surface area contributed by atoms with E-state index in [4.69, 9.17) is 9.47 Å². The van der Waals surface area contributed by atoms with E-state index in [2.05, 4.69) is 12.2 Å². The van der Waals surface area contributed by atoms with Crippen molar-refractivity contribution in [2.24, 2.45) is 0 Å². The van der Waals surface area contributed by atoms with Gasteiger partial charge >= 0.3 is 6.09 Å². The fourth-order valence-corrected chi connectivity index (χ4v) is 1.67. The number of morpholine rings is 1. The van der Waals surface area contributed by atoms with Crippen molar-refractivity contribution >= 4 is 6.09 Å². The molecule has 0 spiro atoms. The minimum absolute atomic E-state index is 0.0290. The van der Waals surface area contributed by atoms with Gasteiger partial charge in [-0.1, -0.05) is 0 Å². The Kier molecular flexibility index (Phi) is 4.77. The van der Waals surface area contributed by atoms with E-state index in [0.29, 0.717) is 13.2 Å². The van der Waals surface area contributed by atoms with Gasteiger partial charge in [0.2, 0.25) is 0 Å². The van der Waals surface area contributed by atoms with Crippen LogP contribution in [-0.2, 0) is 9.47 Å². The second kappa shape index (κ2) is 5.69. The van der Waals surface area contributed by atoms with Gasteiger partial charge in [-0.2, -0.15) is 0 Å². The van der Waals surface area contributed by atoms with Crippen molar-refractivity contribution in [1.82, 2.24) is 10.2 Å². The Balaban J connectivity index is 2.42. The number of carbonyl (C=O) groups excluding carboxylic acids is 1. The van der Waals surface area contributed by atoms with E-state index < -0.39 is 5.60 Å². The van der Waals surface area contributed by atoms with Gasteiger partial charge in [0.15, 0.2) is 0 Å². The van der Waals surface area contributed by atoms with Crippen molar-refractivity contribution in [2.75, 3.05) is 26.7 Å². The fraction of sp³-hybridized carbons (Fsp3) is 0.917. The van der Waals surface area contributed by atoms with E-state index in [1.54, 1.807) is 11.9 Å². The summed E-state index contributed by atoms with van der Waals surface area (Å²) < 4.78 is 10.9. The lowest BCUT2D eigenvalue weighted by Crippen LogP contribution is -2.52. The first-order chi connectivity index (χ1) is 7.79. The van der Waals surface area contributed by atoms with Crippen LogP contribution in [0.25, 0.3) is 0 Å². The summed E-state index contributed by atoms with van der Waals surface area (Å²) in [6, 6.07) is 0.258. The first-order valence-corrected chi connectivity index (χ1v) is 6.08. The van der Waals surface area contributed by atoms with E-state index in [9.17, 15) is 4.79 Å². The van der Waals surface area contributed by atoms with E-state index in [1.807, 2.05) is 20.8 Å². The van der Waals surface area contributed by atoms with Crippen molar-refractivity contribution < 1.29 is 14.3 Å². The van der Waals surface area contributed by atoms with Gasteiger partial charge in [0.25, 0.3) is 0 Å². The highest BCUT2D eigenvalue weighted by atomic mass is 16.6. The zero-order valence-electron chi connectivity index (χ0n) is 11.4. The molecule has 1 N–H and O–H groups in total. The molecule has 1 aliphatic heterocycles. The summed E-state index contributed by atoms with van der Waals surface area (Å²) in [4.78, 5) is 13.3. The van der Waals surface area contributed by atoms with Gasteiger partial charge in [-0.15, -0.1) is 0 Å². The molecule has 1 saturated heterocycles. The number of hydrogen-bond donors (Lipinski definition) is 1. The number of ether oxygens (including phenoxy) is 2. The molecule has 0 saturated carbocycles. The van der Waals surface area contributed by atoms with Crippen LogP contribution in [0, 0.1) is 0 Å². The van der Waals surface area contributed by atoms with Crippen LogP contribution in [0.1, 0.15) is 27.7 Å². The maximum absolute atomic E-state index is 11.8. The number of amides is 1. The molecule has 100 valence electrons. The molecular formula is C12H24N2O3. The zero-order valence-corrected chi connectivity index (χ0v) is 11.4. The SMILES string of the molecule is C[C@@H]1NCCOC1CN(C)C(=O)OC(C)(C)C. The predicted molar refractivity (Wildman–Crippen MR) is 66.1 cm³/mol. The molecule has 0 aliphatic carbocycles. The maximum Gasteiger partial charge on any atom is 0.410 e. The minimum atomic E-state index is -0.456. The molecule has 1 unspecified atom stereocenters. The lowest BCUT2D eigenvalue weighted by atomic mass is 10.1. The van der Waals surface area contributed by atoms with Crippen molar-refractivity contribution in [1.29, 1.82) is 0 Å². The standard InChI is InChI=1S/C12H24N2O3/c1-9-10(16-7-6-13-9)8-14(5)11(15)17-12(2,3)4/h9-10,13H,6-8H2,1-5H3/t9-,10?/m0/s1. The molecule has 1 rings (SSSR count). The average molecular weight is 244 g/mol. The van der Waals surface area contributed by atoms with E-state index in [-0.39, 0.29) is 18.2 Å². The summed E-state index contributed by atoms with van der Waals surface area (Å²) in [6.45, 7) is 9.75. The molecule has 5 nitrogen and oxygen atoms in total. The van der Waals surface area contributed by atoms with Crippen LogP contribution < -0.4 is 5.32 Å². The number of likely N-dealkylation sites (N-methyl/N-ethyl adjacent to an activating group) is 1. The normalized spacial score (nSPS) is 25.5. The van der Waals surface area contributed by atoms with E-state index >= 15 is 0 Å². The Hall–Kier alpha value is -0.810. The lowest BCUT2D eigenvalue weighted by molar-refractivity contribution is -0.0241. The molecule has 1 heterocycles. The Morgan fingerprint density at radius 3 is 2.71 bits per heavy atom. The van der Waals surface area contributed by atoms with Crippen LogP contribution in [0.5, 0.6) is 0 Å². The van der Waals surface area contributed by atoms with Gasteiger partial charge in [-0.05, 0) is 27.7 Å². The zero-order chi connectivity index (χ0) is 13.1. The molecule has 1 amide bonds. The summed E-state index contributed by atoms with van der Waals surface area (Å²) in [5.41, 5.74) is -0.456. The van der Waals surface area contributed by atoms with Crippen molar-refractivity contribution in [2.45, 2.75) is 45.4 Å². The molecule has 0 aromatic rings. The van der Waals surface area contributed by atoms with Crippen LogP contribution in [0.3, 0.4) is 0 Å². The number of carbonyl (C=O) groups is 1. The highest BCUT2D eigenvalue weighted by Gasteiger charge is 2.26. The molecule has 17 heavy (non-hydrogen) atoms. The third-order valence-corrected chi connectivity index (χ3v) is 2.62. The van der Waals surface area contributed by atoms with Crippen LogP contribution in [0.4, 0.5) is 4.79 Å². The fourth-order valence-electron chi connectivity index (χ4n) is 1.67. The molecule has 0 aromatic carbocycles. The van der Waals surface area contributed by atoms with Crippen molar-refractivity contribution in [3.8, 4) is 0 Å². The van der Waals surface area contributed by atoms with Crippen LogP contribution in [0.2, 0.25) is 0 Å². The van der Waals surface area contributed by atoms with E-state index in [0.717, 1.165) is 6.54 Å². The number of nitrogens with one attached hydrogen (secondary N) is 1. The molecule has 5 heteroatoms. The first-order valence-electron chi connectivity index (χ1n) is 6.08. The largest absolute Gasteiger partial charge is 0.444 e. The predicted octanol–water partition coefficient (Wildman–Crippen LogP) is 1.23. The van der Waals surface area contributed by atoms with Gasteiger partial charge in [-0.25, -0.2) is 4.79 Å². The van der Waals surface area contributed by atoms with Crippen molar-refractivity contribution in [3.05, 3.63) is 0 Å². The van der Waals surface area contributed by atoms with Crippen molar-refractivity contribution in [3.63, 3.8) is 0 Å².